The smallest absolute Gasteiger partial charge is 0.387 e. The zero-order chi connectivity index (χ0) is 19.6. The second-order valence-electron chi connectivity index (χ2n) is 5.72. The van der Waals surface area contributed by atoms with E-state index in [4.69, 9.17) is 0 Å². The first-order chi connectivity index (χ1) is 12.8. The second kappa shape index (κ2) is 8.21. The van der Waals surface area contributed by atoms with Crippen LogP contribution < -0.4 is 10.1 Å². The number of alkyl halides is 2. The lowest BCUT2D eigenvalue weighted by Crippen LogP contribution is -2.42. The molecule has 1 atom stereocenters. The maximum atomic E-state index is 12.8. The standard InChI is InChI=1S/C16H15BrF2N2O4S2/c17-13-7-8-14(26-13)27(23,24)21-9-1-2-12(21)15(22)20-10-3-5-11(6-4-10)25-16(18)19/h3-8,12,16H,1-2,9H2,(H,20,22). The molecule has 11 heteroatoms. The molecule has 0 radical (unpaired) electrons. The van der Waals surface area contributed by atoms with Crippen molar-refractivity contribution in [3.05, 3.63) is 40.2 Å². The van der Waals surface area contributed by atoms with Crippen LogP contribution in [0.25, 0.3) is 0 Å². The van der Waals surface area contributed by atoms with Gasteiger partial charge in [0.05, 0.1) is 3.79 Å². The van der Waals surface area contributed by atoms with Gasteiger partial charge in [0.25, 0.3) is 10.0 Å². The highest BCUT2D eigenvalue weighted by Gasteiger charge is 2.40. The summed E-state index contributed by atoms with van der Waals surface area (Å²) in [5.74, 6) is -0.495. The lowest BCUT2D eigenvalue weighted by molar-refractivity contribution is -0.119. The summed E-state index contributed by atoms with van der Waals surface area (Å²) in [5.41, 5.74) is 0.365. The number of ether oxygens (including phenoxy) is 1. The Morgan fingerprint density at radius 1 is 1.26 bits per heavy atom. The van der Waals surface area contributed by atoms with E-state index in [1.807, 2.05) is 0 Å². The molecule has 0 spiro atoms. The molecule has 2 heterocycles. The van der Waals surface area contributed by atoms with Crippen molar-refractivity contribution >= 4 is 48.9 Å². The minimum absolute atomic E-state index is 0.0312. The van der Waals surface area contributed by atoms with Gasteiger partial charge in [0.15, 0.2) is 0 Å². The van der Waals surface area contributed by atoms with Gasteiger partial charge in [-0.3, -0.25) is 4.79 Å². The number of nitrogens with one attached hydrogen (secondary N) is 1. The third-order valence-electron chi connectivity index (χ3n) is 3.96. The Bertz CT molecular complexity index is 919. The summed E-state index contributed by atoms with van der Waals surface area (Å²) in [6.45, 7) is -2.67. The van der Waals surface area contributed by atoms with Crippen LogP contribution in [-0.2, 0) is 14.8 Å². The molecule has 1 unspecified atom stereocenters. The molecule has 0 bridgehead atoms. The fourth-order valence-electron chi connectivity index (χ4n) is 2.79. The van der Waals surface area contributed by atoms with E-state index < -0.39 is 28.6 Å². The molecule has 1 aliphatic heterocycles. The summed E-state index contributed by atoms with van der Waals surface area (Å²) in [6.07, 6.45) is 0.981. The average Bonchev–Trinajstić information content (AvgIpc) is 3.25. The van der Waals surface area contributed by atoms with Crippen molar-refractivity contribution in [3.8, 4) is 5.75 Å². The number of hydrogen-bond donors (Lipinski definition) is 1. The SMILES string of the molecule is O=C(Nc1ccc(OC(F)F)cc1)C1CCCN1S(=O)(=O)c1ccc(Br)s1. The minimum atomic E-state index is -3.77. The largest absolute Gasteiger partial charge is 0.435 e. The summed E-state index contributed by atoms with van der Waals surface area (Å²) in [4.78, 5) is 12.6. The number of benzene rings is 1. The fraction of sp³-hybridized carbons (Fsp3) is 0.312. The number of carbonyl (C=O) groups excluding carboxylic acids is 1. The molecule has 1 fully saturated rings. The van der Waals surface area contributed by atoms with Gasteiger partial charge in [-0.1, -0.05) is 0 Å². The number of rotatable bonds is 6. The average molecular weight is 481 g/mol. The topological polar surface area (TPSA) is 75.7 Å². The lowest BCUT2D eigenvalue weighted by Gasteiger charge is -2.22. The summed E-state index contributed by atoms with van der Waals surface area (Å²) in [6, 6.07) is 7.75. The Hall–Kier alpha value is -1.56. The second-order valence-corrected chi connectivity index (χ2v) is 10.3. The van der Waals surface area contributed by atoms with Crippen molar-refractivity contribution in [2.75, 3.05) is 11.9 Å². The lowest BCUT2D eigenvalue weighted by atomic mass is 10.2. The zero-order valence-electron chi connectivity index (χ0n) is 13.8. The van der Waals surface area contributed by atoms with Gasteiger partial charge in [0.2, 0.25) is 5.91 Å². The molecule has 146 valence electrons. The highest BCUT2D eigenvalue weighted by Crippen LogP contribution is 2.32. The highest BCUT2D eigenvalue weighted by atomic mass is 79.9. The molecule has 27 heavy (non-hydrogen) atoms. The Morgan fingerprint density at radius 2 is 1.96 bits per heavy atom. The van der Waals surface area contributed by atoms with E-state index >= 15 is 0 Å². The third kappa shape index (κ3) is 4.65. The van der Waals surface area contributed by atoms with Gasteiger partial charge in [-0.25, -0.2) is 8.42 Å². The molecule has 1 aliphatic rings. The van der Waals surface area contributed by atoms with Crippen LogP contribution in [0, 0.1) is 0 Å². The van der Waals surface area contributed by atoms with Gasteiger partial charge in [-0.05, 0) is 65.2 Å². The van der Waals surface area contributed by atoms with Gasteiger partial charge in [0.1, 0.15) is 16.0 Å². The maximum absolute atomic E-state index is 12.8. The molecular weight excluding hydrogens is 466 g/mol. The van der Waals surface area contributed by atoms with Crippen molar-refractivity contribution in [1.29, 1.82) is 0 Å². The Kier molecular flexibility index (Phi) is 6.14. The number of amides is 1. The summed E-state index contributed by atoms with van der Waals surface area (Å²) in [7, 11) is -3.77. The van der Waals surface area contributed by atoms with E-state index in [-0.39, 0.29) is 16.5 Å². The molecular formula is C16H15BrF2N2O4S2. The predicted octanol–water partition coefficient (Wildman–Crippen LogP) is 3.90. The van der Waals surface area contributed by atoms with Crippen LogP contribution >= 0.6 is 27.3 Å². The van der Waals surface area contributed by atoms with Crippen molar-refractivity contribution in [3.63, 3.8) is 0 Å². The summed E-state index contributed by atoms with van der Waals surface area (Å²) >= 11 is 4.33. The molecule has 1 aromatic heterocycles. The van der Waals surface area contributed by atoms with Crippen LogP contribution in [0.4, 0.5) is 14.5 Å². The number of anilines is 1. The number of thiophene rings is 1. The van der Waals surface area contributed by atoms with E-state index in [0.29, 0.717) is 22.3 Å². The number of sulfonamides is 1. The van der Waals surface area contributed by atoms with E-state index in [9.17, 15) is 22.0 Å². The van der Waals surface area contributed by atoms with Crippen LogP contribution in [0.15, 0.2) is 44.4 Å². The van der Waals surface area contributed by atoms with E-state index in [1.165, 1.54) is 34.6 Å². The Morgan fingerprint density at radius 3 is 2.56 bits per heavy atom. The first-order valence-electron chi connectivity index (χ1n) is 7.90. The fourth-order valence-corrected chi connectivity index (χ4v) is 6.58. The van der Waals surface area contributed by atoms with Crippen LogP contribution in [0.2, 0.25) is 0 Å². The van der Waals surface area contributed by atoms with Crippen LogP contribution in [0.1, 0.15) is 12.8 Å². The molecule has 2 aromatic rings. The highest BCUT2D eigenvalue weighted by molar-refractivity contribution is 9.11. The molecule has 6 nitrogen and oxygen atoms in total. The Labute approximate surface area is 167 Å². The Balaban J connectivity index is 1.72. The molecule has 1 amide bonds. The van der Waals surface area contributed by atoms with Crippen molar-refractivity contribution in [1.82, 2.24) is 4.31 Å². The molecule has 3 rings (SSSR count). The minimum Gasteiger partial charge on any atom is -0.435 e. The van der Waals surface area contributed by atoms with E-state index in [2.05, 4.69) is 26.0 Å². The molecule has 0 aliphatic carbocycles. The van der Waals surface area contributed by atoms with Crippen molar-refractivity contribution in [2.24, 2.45) is 0 Å². The van der Waals surface area contributed by atoms with E-state index in [1.54, 1.807) is 6.07 Å². The molecule has 1 N–H and O–H groups in total. The van der Waals surface area contributed by atoms with Gasteiger partial charge in [-0.15, -0.1) is 11.3 Å². The third-order valence-corrected chi connectivity index (χ3v) is 7.96. The zero-order valence-corrected chi connectivity index (χ0v) is 17.0. The normalized spacial score (nSPS) is 18.0. The van der Waals surface area contributed by atoms with Crippen LogP contribution in [0.5, 0.6) is 5.75 Å². The first-order valence-corrected chi connectivity index (χ1v) is 11.0. The summed E-state index contributed by atoms with van der Waals surface area (Å²) < 4.78 is 56.3. The molecule has 1 saturated heterocycles. The van der Waals surface area contributed by atoms with Gasteiger partial charge in [-0.2, -0.15) is 13.1 Å². The first kappa shape index (κ1) is 20.2. The maximum Gasteiger partial charge on any atom is 0.387 e. The van der Waals surface area contributed by atoms with Crippen molar-refractivity contribution in [2.45, 2.75) is 29.7 Å². The molecule has 0 saturated carbocycles. The molecule has 1 aromatic carbocycles. The number of hydrogen-bond acceptors (Lipinski definition) is 5. The number of halogens is 3. The van der Waals surface area contributed by atoms with E-state index in [0.717, 1.165) is 11.3 Å². The monoisotopic (exact) mass is 480 g/mol. The van der Waals surface area contributed by atoms with Gasteiger partial charge in [0, 0.05) is 12.2 Å². The quantitative estimate of drug-likeness (QED) is 0.679. The van der Waals surface area contributed by atoms with Crippen molar-refractivity contribution < 1.29 is 26.7 Å². The number of nitrogens with zero attached hydrogens (tertiary/aromatic N) is 1. The van der Waals surface area contributed by atoms with Gasteiger partial charge >= 0.3 is 6.61 Å². The number of carbonyl (C=O) groups is 1. The van der Waals surface area contributed by atoms with Gasteiger partial charge < -0.3 is 10.1 Å². The van der Waals surface area contributed by atoms with Crippen LogP contribution in [-0.4, -0.2) is 37.8 Å². The summed E-state index contributed by atoms with van der Waals surface area (Å²) in [5, 5.41) is 2.63. The van der Waals surface area contributed by atoms with Crippen LogP contribution in [0.3, 0.4) is 0 Å². The predicted molar refractivity (Wildman–Crippen MR) is 101 cm³/mol.